The summed E-state index contributed by atoms with van der Waals surface area (Å²) in [5, 5.41) is 5.31. The van der Waals surface area contributed by atoms with Gasteiger partial charge in [0, 0.05) is 50.9 Å². The van der Waals surface area contributed by atoms with Crippen molar-refractivity contribution in [3.05, 3.63) is 64.6 Å². The first-order valence-corrected chi connectivity index (χ1v) is 9.13. The van der Waals surface area contributed by atoms with Crippen LogP contribution in [0.4, 0.5) is 0 Å². The fourth-order valence-electron chi connectivity index (χ4n) is 3.75. The van der Waals surface area contributed by atoms with E-state index in [1.165, 1.54) is 5.56 Å². The summed E-state index contributed by atoms with van der Waals surface area (Å²) in [6, 6.07) is 12.1. The number of carbonyl (C=O) groups is 1. The number of hydrogen-bond donors (Lipinski definition) is 0. The number of aryl methyl sites for hydroxylation is 2. The Labute approximate surface area is 157 Å². The molecule has 3 aromatic rings. The number of carbonyl (C=O) groups excluding carboxylic acids is 1. The Hall–Kier alpha value is -2.53. The van der Waals surface area contributed by atoms with E-state index in [0.29, 0.717) is 23.8 Å². The molecule has 2 aromatic heterocycles. The summed E-state index contributed by atoms with van der Waals surface area (Å²) in [5.41, 5.74) is 5.28. The van der Waals surface area contributed by atoms with Crippen molar-refractivity contribution in [3.8, 4) is 11.3 Å². The Morgan fingerprint density at radius 2 is 1.85 bits per heavy atom. The van der Waals surface area contributed by atoms with Gasteiger partial charge in [0.2, 0.25) is 0 Å². The molecule has 0 atom stereocenters. The van der Waals surface area contributed by atoms with Crippen LogP contribution in [0.25, 0.3) is 11.3 Å². The molecule has 0 saturated carbocycles. The molecule has 0 unspecified atom stereocenters. The minimum absolute atomic E-state index is 0.0233. The maximum atomic E-state index is 12.9. The lowest BCUT2D eigenvalue weighted by Gasteiger charge is -2.20. The van der Waals surface area contributed by atoms with Crippen LogP contribution in [0.1, 0.15) is 21.7 Å². The van der Waals surface area contributed by atoms with E-state index in [1.807, 2.05) is 41.9 Å². The van der Waals surface area contributed by atoms with Crippen LogP contribution in [0, 0.1) is 0 Å². The fraction of sp³-hybridized carbons (Fsp3) is 0.300. The Bertz CT molecular complexity index is 958. The average Bonchev–Trinajstić information content (AvgIpc) is 3.05. The van der Waals surface area contributed by atoms with Crippen LogP contribution in [0.15, 0.2) is 42.6 Å². The predicted molar refractivity (Wildman–Crippen MR) is 102 cm³/mol. The summed E-state index contributed by atoms with van der Waals surface area (Å²) in [4.78, 5) is 14.8. The topological polar surface area (TPSA) is 43.1 Å². The van der Waals surface area contributed by atoms with Crippen LogP contribution in [0.5, 0.6) is 0 Å². The molecule has 0 spiro atoms. The summed E-state index contributed by atoms with van der Waals surface area (Å²) in [6.07, 6.45) is 3.33. The number of benzene rings is 1. The van der Waals surface area contributed by atoms with Crippen LogP contribution >= 0.6 is 11.6 Å². The van der Waals surface area contributed by atoms with Crippen LogP contribution in [-0.4, -0.2) is 38.2 Å². The van der Waals surface area contributed by atoms with E-state index in [-0.39, 0.29) is 5.91 Å². The zero-order chi connectivity index (χ0) is 18.3. The smallest absolute Gasteiger partial charge is 0.270 e. The highest BCUT2D eigenvalue weighted by Crippen LogP contribution is 2.29. The Morgan fingerprint density at radius 1 is 1.12 bits per heavy atom. The zero-order valence-electron chi connectivity index (χ0n) is 14.9. The molecule has 0 N–H and O–H groups in total. The second-order valence-corrected chi connectivity index (χ2v) is 7.15. The summed E-state index contributed by atoms with van der Waals surface area (Å²) in [7, 11) is 3.84. The first-order valence-electron chi connectivity index (χ1n) is 8.76. The minimum Gasteiger partial charge on any atom is -0.345 e. The van der Waals surface area contributed by atoms with Gasteiger partial charge in [-0.1, -0.05) is 41.9 Å². The molecule has 1 aromatic carbocycles. The lowest BCUT2D eigenvalue weighted by atomic mass is 10.0. The molecule has 0 fully saturated rings. The van der Waals surface area contributed by atoms with Gasteiger partial charge < -0.3 is 9.47 Å². The number of halogens is 1. The van der Waals surface area contributed by atoms with Gasteiger partial charge in [0.25, 0.3) is 5.91 Å². The normalized spacial score (nSPS) is 14.2. The van der Waals surface area contributed by atoms with Gasteiger partial charge >= 0.3 is 0 Å². The second-order valence-electron chi connectivity index (χ2n) is 6.71. The molecular weight excluding hydrogens is 348 g/mol. The molecule has 134 valence electrons. The van der Waals surface area contributed by atoms with Crippen LogP contribution in [-0.2, 0) is 26.9 Å². The molecule has 0 radical (unpaired) electrons. The first kappa shape index (κ1) is 16.9. The van der Waals surface area contributed by atoms with Crippen molar-refractivity contribution in [1.82, 2.24) is 19.2 Å². The van der Waals surface area contributed by atoms with Crippen LogP contribution in [0.2, 0.25) is 5.02 Å². The maximum absolute atomic E-state index is 12.9. The van der Waals surface area contributed by atoms with Gasteiger partial charge in [0.05, 0.1) is 16.4 Å². The highest BCUT2D eigenvalue weighted by Gasteiger charge is 2.26. The summed E-state index contributed by atoms with van der Waals surface area (Å²) >= 11 is 6.04. The highest BCUT2D eigenvalue weighted by atomic mass is 35.5. The summed E-state index contributed by atoms with van der Waals surface area (Å²) < 4.78 is 3.75. The lowest BCUT2D eigenvalue weighted by Crippen LogP contribution is -2.34. The molecule has 5 nitrogen and oxygen atoms in total. The molecular formula is C20H21ClN4O. The third-order valence-corrected chi connectivity index (χ3v) is 5.21. The van der Waals surface area contributed by atoms with Crippen LogP contribution in [0.3, 0.4) is 0 Å². The molecule has 0 saturated heterocycles. The molecule has 0 aliphatic carbocycles. The van der Waals surface area contributed by atoms with Gasteiger partial charge in [-0.3, -0.25) is 9.48 Å². The number of aromatic nitrogens is 3. The van der Waals surface area contributed by atoms with Crippen molar-refractivity contribution < 1.29 is 4.79 Å². The molecule has 1 amide bonds. The third kappa shape index (κ3) is 2.92. The van der Waals surface area contributed by atoms with E-state index in [9.17, 15) is 4.79 Å². The molecule has 6 heteroatoms. The van der Waals surface area contributed by atoms with Gasteiger partial charge in [-0.2, -0.15) is 5.10 Å². The Morgan fingerprint density at radius 3 is 2.54 bits per heavy atom. The molecule has 4 rings (SSSR count). The first-order chi connectivity index (χ1) is 12.5. The highest BCUT2D eigenvalue weighted by molar-refractivity contribution is 6.31. The number of rotatable bonds is 2. The molecule has 26 heavy (non-hydrogen) atoms. The van der Waals surface area contributed by atoms with E-state index in [0.717, 1.165) is 29.8 Å². The van der Waals surface area contributed by atoms with Gasteiger partial charge in [-0.25, -0.2) is 0 Å². The monoisotopic (exact) mass is 368 g/mol. The molecule has 3 heterocycles. The van der Waals surface area contributed by atoms with Crippen molar-refractivity contribution in [1.29, 1.82) is 0 Å². The second kappa shape index (κ2) is 6.65. The zero-order valence-corrected chi connectivity index (χ0v) is 15.7. The molecule has 0 bridgehead atoms. The quantitative estimate of drug-likeness (QED) is 0.696. The Kier molecular flexibility index (Phi) is 4.32. The summed E-state index contributed by atoms with van der Waals surface area (Å²) in [6.45, 7) is 1.35. The standard InChI is InChI=1S/C20H21ClN4O/c1-23-13-15(21)12-18(23)20(26)25-10-8-16-17(9-11-25)22-24(2)19(16)14-6-4-3-5-7-14/h3-7,12-13H,8-11H2,1-2H3. The third-order valence-electron chi connectivity index (χ3n) is 5.00. The van der Waals surface area contributed by atoms with E-state index in [1.54, 1.807) is 16.8 Å². The van der Waals surface area contributed by atoms with Crippen LogP contribution < -0.4 is 0 Å². The average molecular weight is 369 g/mol. The van der Waals surface area contributed by atoms with Crippen molar-refractivity contribution in [2.45, 2.75) is 12.8 Å². The molecule has 1 aliphatic rings. The van der Waals surface area contributed by atoms with E-state index in [4.69, 9.17) is 16.7 Å². The minimum atomic E-state index is 0.0233. The van der Waals surface area contributed by atoms with Crippen molar-refractivity contribution in [3.63, 3.8) is 0 Å². The number of fused-ring (bicyclic) bond motifs is 1. The number of nitrogens with zero attached hydrogens (tertiary/aromatic N) is 4. The van der Waals surface area contributed by atoms with Gasteiger partial charge in [-0.15, -0.1) is 0 Å². The lowest BCUT2D eigenvalue weighted by molar-refractivity contribution is 0.0753. The molecule has 1 aliphatic heterocycles. The maximum Gasteiger partial charge on any atom is 0.270 e. The van der Waals surface area contributed by atoms with Gasteiger partial charge in [0.1, 0.15) is 5.69 Å². The number of hydrogen-bond acceptors (Lipinski definition) is 2. The van der Waals surface area contributed by atoms with E-state index < -0.39 is 0 Å². The van der Waals surface area contributed by atoms with Gasteiger partial charge in [0.15, 0.2) is 0 Å². The van der Waals surface area contributed by atoms with Crippen molar-refractivity contribution >= 4 is 17.5 Å². The van der Waals surface area contributed by atoms with E-state index in [2.05, 4.69) is 12.1 Å². The van der Waals surface area contributed by atoms with Crippen molar-refractivity contribution in [2.24, 2.45) is 14.1 Å². The summed E-state index contributed by atoms with van der Waals surface area (Å²) in [5.74, 6) is 0.0233. The fourth-order valence-corrected chi connectivity index (χ4v) is 4.00. The van der Waals surface area contributed by atoms with Crippen molar-refractivity contribution in [2.75, 3.05) is 13.1 Å². The predicted octanol–water partition coefficient (Wildman–Crippen LogP) is 3.32. The number of amides is 1. The SMILES string of the molecule is Cn1cc(Cl)cc1C(=O)N1CCc2nn(C)c(-c3ccccc3)c2CC1. The van der Waals surface area contributed by atoms with E-state index >= 15 is 0 Å². The largest absolute Gasteiger partial charge is 0.345 e. The Balaban J connectivity index is 1.61. The van der Waals surface area contributed by atoms with Gasteiger partial charge in [-0.05, 0) is 12.5 Å².